The average Bonchev–Trinajstić information content (AvgIpc) is 2.53. The van der Waals surface area contributed by atoms with E-state index in [-0.39, 0.29) is 5.82 Å². The van der Waals surface area contributed by atoms with Crippen molar-refractivity contribution in [2.75, 3.05) is 6.54 Å². The van der Waals surface area contributed by atoms with Crippen LogP contribution in [-0.4, -0.2) is 6.54 Å². The SMILES string of the molecule is Fc1ccc(CNC[CH]c2ccc3ccccc3c2)cc1. The summed E-state index contributed by atoms with van der Waals surface area (Å²) in [4.78, 5) is 0. The third kappa shape index (κ3) is 3.67. The predicted octanol–water partition coefficient (Wildman–Crippen LogP) is 4.32. The van der Waals surface area contributed by atoms with Crippen LogP contribution in [0.25, 0.3) is 10.8 Å². The fraction of sp³-hybridized carbons (Fsp3) is 0.105. The largest absolute Gasteiger partial charge is 0.312 e. The van der Waals surface area contributed by atoms with Gasteiger partial charge in [-0.2, -0.15) is 0 Å². The lowest BCUT2D eigenvalue weighted by molar-refractivity contribution is 0.626. The van der Waals surface area contributed by atoms with Crippen molar-refractivity contribution in [2.45, 2.75) is 6.54 Å². The second kappa shape index (κ2) is 6.51. The van der Waals surface area contributed by atoms with Gasteiger partial charge < -0.3 is 5.32 Å². The molecule has 0 spiro atoms. The summed E-state index contributed by atoms with van der Waals surface area (Å²) in [6.07, 6.45) is 2.16. The molecule has 0 heterocycles. The topological polar surface area (TPSA) is 12.0 Å². The number of fused-ring (bicyclic) bond motifs is 1. The standard InChI is InChI=1S/C19H17FN/c20-19-9-6-16(7-10-19)14-21-12-11-15-5-8-17-3-1-2-4-18(17)13-15/h1-11,13,21H,12,14H2. The fourth-order valence-corrected chi connectivity index (χ4v) is 2.34. The molecular formula is C19H17FN. The van der Waals surface area contributed by atoms with Crippen molar-refractivity contribution >= 4 is 10.8 Å². The minimum atomic E-state index is -0.193. The molecule has 0 unspecified atom stereocenters. The molecule has 0 aliphatic carbocycles. The van der Waals surface area contributed by atoms with Crippen molar-refractivity contribution < 1.29 is 4.39 Å². The number of hydrogen-bond donors (Lipinski definition) is 1. The molecule has 105 valence electrons. The lowest BCUT2D eigenvalue weighted by Crippen LogP contribution is -2.15. The Morgan fingerprint density at radius 3 is 2.43 bits per heavy atom. The van der Waals surface area contributed by atoms with Gasteiger partial charge in [-0.25, -0.2) is 4.39 Å². The van der Waals surface area contributed by atoms with E-state index in [2.05, 4.69) is 54.2 Å². The Bertz CT molecular complexity index is 719. The zero-order valence-corrected chi connectivity index (χ0v) is 11.7. The molecule has 2 heteroatoms. The maximum atomic E-state index is 12.8. The van der Waals surface area contributed by atoms with Crippen LogP contribution in [0.4, 0.5) is 4.39 Å². The van der Waals surface area contributed by atoms with Gasteiger partial charge in [0.2, 0.25) is 0 Å². The highest BCUT2D eigenvalue weighted by Crippen LogP contribution is 2.16. The van der Waals surface area contributed by atoms with E-state index in [4.69, 9.17) is 0 Å². The first-order valence-corrected chi connectivity index (χ1v) is 7.08. The summed E-state index contributed by atoms with van der Waals surface area (Å²) < 4.78 is 12.8. The Balaban J connectivity index is 1.53. The molecule has 3 aromatic rings. The normalized spacial score (nSPS) is 10.9. The fourth-order valence-electron chi connectivity index (χ4n) is 2.34. The molecular weight excluding hydrogens is 261 g/mol. The summed E-state index contributed by atoms with van der Waals surface area (Å²) in [6.45, 7) is 1.53. The Hall–Kier alpha value is -2.19. The van der Waals surface area contributed by atoms with E-state index in [1.165, 1.54) is 28.5 Å². The van der Waals surface area contributed by atoms with E-state index < -0.39 is 0 Å². The van der Waals surface area contributed by atoms with Crippen molar-refractivity contribution in [1.82, 2.24) is 5.32 Å². The first kappa shape index (κ1) is 13.8. The van der Waals surface area contributed by atoms with Crippen LogP contribution >= 0.6 is 0 Å². The third-order valence-corrected chi connectivity index (χ3v) is 3.50. The Morgan fingerprint density at radius 2 is 1.62 bits per heavy atom. The van der Waals surface area contributed by atoms with Crippen molar-refractivity contribution in [1.29, 1.82) is 0 Å². The van der Waals surface area contributed by atoms with Crippen LogP contribution in [0.5, 0.6) is 0 Å². The summed E-state index contributed by atoms with van der Waals surface area (Å²) in [5, 5.41) is 5.85. The highest BCUT2D eigenvalue weighted by molar-refractivity contribution is 5.83. The molecule has 0 aromatic heterocycles. The average molecular weight is 278 g/mol. The highest BCUT2D eigenvalue weighted by Gasteiger charge is 1.98. The molecule has 1 radical (unpaired) electrons. The molecule has 1 N–H and O–H groups in total. The monoisotopic (exact) mass is 278 g/mol. The van der Waals surface area contributed by atoms with Gasteiger partial charge in [-0.3, -0.25) is 0 Å². The van der Waals surface area contributed by atoms with Crippen LogP contribution < -0.4 is 5.32 Å². The Kier molecular flexibility index (Phi) is 4.27. The van der Waals surface area contributed by atoms with E-state index >= 15 is 0 Å². The molecule has 0 bridgehead atoms. The molecule has 1 nitrogen and oxygen atoms in total. The molecule has 0 amide bonds. The maximum Gasteiger partial charge on any atom is 0.123 e. The van der Waals surface area contributed by atoms with Crippen LogP contribution in [0.2, 0.25) is 0 Å². The zero-order chi connectivity index (χ0) is 14.5. The molecule has 0 aliphatic heterocycles. The zero-order valence-electron chi connectivity index (χ0n) is 11.7. The van der Waals surface area contributed by atoms with Gasteiger partial charge >= 0.3 is 0 Å². The Labute approximate surface area is 124 Å². The molecule has 0 saturated heterocycles. The number of halogens is 1. The van der Waals surface area contributed by atoms with E-state index in [9.17, 15) is 4.39 Å². The van der Waals surface area contributed by atoms with Gasteiger partial charge in [0.05, 0.1) is 0 Å². The molecule has 0 aliphatic rings. The number of hydrogen-bond acceptors (Lipinski definition) is 1. The summed E-state index contributed by atoms with van der Waals surface area (Å²) in [5.74, 6) is -0.193. The van der Waals surface area contributed by atoms with Gasteiger partial charge in [0.25, 0.3) is 0 Å². The second-order valence-corrected chi connectivity index (χ2v) is 5.07. The summed E-state index contributed by atoms with van der Waals surface area (Å²) in [5.41, 5.74) is 2.30. The van der Waals surface area contributed by atoms with Gasteiger partial charge in [0, 0.05) is 19.5 Å². The predicted molar refractivity (Wildman–Crippen MR) is 85.5 cm³/mol. The molecule has 0 atom stereocenters. The number of benzene rings is 3. The minimum Gasteiger partial charge on any atom is -0.312 e. The first-order chi connectivity index (χ1) is 10.3. The van der Waals surface area contributed by atoms with Crippen LogP contribution in [0.3, 0.4) is 0 Å². The van der Waals surface area contributed by atoms with E-state index in [0.29, 0.717) is 0 Å². The quantitative estimate of drug-likeness (QED) is 0.685. The maximum absolute atomic E-state index is 12.8. The van der Waals surface area contributed by atoms with Crippen LogP contribution in [0, 0.1) is 12.2 Å². The molecule has 0 saturated carbocycles. The van der Waals surface area contributed by atoms with Crippen LogP contribution in [-0.2, 0) is 6.54 Å². The number of rotatable bonds is 5. The van der Waals surface area contributed by atoms with Gasteiger partial charge in [0.1, 0.15) is 5.82 Å². The van der Waals surface area contributed by atoms with Crippen molar-refractivity contribution in [3.63, 3.8) is 0 Å². The molecule has 3 aromatic carbocycles. The molecule has 3 rings (SSSR count). The molecule has 21 heavy (non-hydrogen) atoms. The van der Waals surface area contributed by atoms with Gasteiger partial charge in [-0.15, -0.1) is 0 Å². The lowest BCUT2D eigenvalue weighted by Gasteiger charge is -2.06. The molecule has 0 fully saturated rings. The number of nitrogens with one attached hydrogen (secondary N) is 1. The summed E-state index contributed by atoms with van der Waals surface area (Å²) in [7, 11) is 0. The van der Waals surface area contributed by atoms with Crippen molar-refractivity contribution in [2.24, 2.45) is 0 Å². The van der Waals surface area contributed by atoms with Crippen molar-refractivity contribution in [3.8, 4) is 0 Å². The van der Waals surface area contributed by atoms with Crippen molar-refractivity contribution in [3.05, 3.63) is 90.1 Å². The van der Waals surface area contributed by atoms with E-state index in [1.807, 2.05) is 0 Å². The smallest absolute Gasteiger partial charge is 0.123 e. The van der Waals surface area contributed by atoms with Crippen LogP contribution in [0.15, 0.2) is 66.7 Å². The van der Waals surface area contributed by atoms with E-state index in [0.717, 1.165) is 18.7 Å². The van der Waals surface area contributed by atoms with Gasteiger partial charge in [-0.1, -0.05) is 54.6 Å². The summed E-state index contributed by atoms with van der Waals surface area (Å²) >= 11 is 0. The lowest BCUT2D eigenvalue weighted by atomic mass is 10.1. The highest BCUT2D eigenvalue weighted by atomic mass is 19.1. The first-order valence-electron chi connectivity index (χ1n) is 7.08. The Morgan fingerprint density at radius 1 is 0.857 bits per heavy atom. The van der Waals surface area contributed by atoms with Crippen LogP contribution in [0.1, 0.15) is 11.1 Å². The minimum absolute atomic E-state index is 0.193. The van der Waals surface area contributed by atoms with Gasteiger partial charge in [-0.05, 0) is 34.0 Å². The second-order valence-electron chi connectivity index (χ2n) is 5.07. The van der Waals surface area contributed by atoms with E-state index in [1.54, 1.807) is 12.1 Å². The third-order valence-electron chi connectivity index (χ3n) is 3.50. The van der Waals surface area contributed by atoms with Gasteiger partial charge in [0.15, 0.2) is 0 Å². The summed E-state index contributed by atoms with van der Waals surface area (Å²) in [6, 6.07) is 21.4.